The summed E-state index contributed by atoms with van der Waals surface area (Å²) < 4.78 is 5.38. The van der Waals surface area contributed by atoms with Crippen molar-refractivity contribution in [3.05, 3.63) is 29.8 Å². The van der Waals surface area contributed by atoms with E-state index < -0.39 is 0 Å². The van der Waals surface area contributed by atoms with Crippen LogP contribution in [-0.2, 0) is 11.2 Å². The van der Waals surface area contributed by atoms with Crippen molar-refractivity contribution < 1.29 is 9.53 Å². The van der Waals surface area contributed by atoms with Crippen LogP contribution in [0.1, 0.15) is 18.4 Å². The number of nitrogens with one attached hydrogen (secondary N) is 1. The highest BCUT2D eigenvalue weighted by molar-refractivity contribution is 7.80. The van der Waals surface area contributed by atoms with E-state index in [1.54, 1.807) is 0 Å². The lowest BCUT2D eigenvalue weighted by Crippen LogP contribution is -2.30. The third-order valence-corrected chi connectivity index (χ3v) is 2.76. The highest BCUT2D eigenvalue weighted by Crippen LogP contribution is 2.18. The standard InChI is InChI=1S/C13H16N2O2S/c14-12(18)7-9-1-5-11(6-2-9)17-8-13(16)15-10-3-4-10/h1-2,5-6,10H,3-4,7-8H2,(H2,14,18)(H,15,16). The molecule has 1 amide bonds. The summed E-state index contributed by atoms with van der Waals surface area (Å²) in [5.74, 6) is 0.609. The lowest BCUT2D eigenvalue weighted by molar-refractivity contribution is -0.123. The van der Waals surface area contributed by atoms with Gasteiger partial charge in [-0.25, -0.2) is 0 Å². The van der Waals surface area contributed by atoms with E-state index in [1.165, 1.54) is 0 Å². The molecule has 0 bridgehead atoms. The van der Waals surface area contributed by atoms with Crippen molar-refractivity contribution >= 4 is 23.1 Å². The van der Waals surface area contributed by atoms with E-state index in [-0.39, 0.29) is 12.5 Å². The molecule has 0 spiro atoms. The Morgan fingerprint density at radius 1 is 1.39 bits per heavy atom. The molecule has 4 nitrogen and oxygen atoms in total. The minimum atomic E-state index is -0.0651. The molecular formula is C13H16N2O2S. The van der Waals surface area contributed by atoms with Gasteiger partial charge in [0.05, 0.1) is 4.99 Å². The summed E-state index contributed by atoms with van der Waals surface area (Å²) in [7, 11) is 0. The van der Waals surface area contributed by atoms with Crippen molar-refractivity contribution in [1.29, 1.82) is 0 Å². The highest BCUT2D eigenvalue weighted by atomic mass is 32.1. The number of ether oxygens (including phenoxy) is 1. The summed E-state index contributed by atoms with van der Waals surface area (Å²) in [6, 6.07) is 7.80. The van der Waals surface area contributed by atoms with Crippen LogP contribution < -0.4 is 15.8 Å². The van der Waals surface area contributed by atoms with Crippen molar-refractivity contribution in [2.75, 3.05) is 6.61 Å². The Morgan fingerprint density at radius 3 is 2.61 bits per heavy atom. The molecular weight excluding hydrogens is 248 g/mol. The molecule has 0 aliphatic heterocycles. The zero-order chi connectivity index (χ0) is 13.0. The molecule has 1 aromatic carbocycles. The Hall–Kier alpha value is -1.62. The van der Waals surface area contributed by atoms with Gasteiger partial charge in [0.25, 0.3) is 5.91 Å². The fourth-order valence-electron chi connectivity index (χ4n) is 1.55. The lowest BCUT2D eigenvalue weighted by atomic mass is 10.1. The monoisotopic (exact) mass is 264 g/mol. The first-order valence-corrected chi connectivity index (χ1v) is 6.34. The number of benzene rings is 1. The quantitative estimate of drug-likeness (QED) is 0.757. The van der Waals surface area contributed by atoms with Gasteiger partial charge in [-0.15, -0.1) is 0 Å². The Bertz CT molecular complexity index is 441. The van der Waals surface area contributed by atoms with Crippen LogP contribution in [0.5, 0.6) is 5.75 Å². The Labute approximate surface area is 112 Å². The fourth-order valence-corrected chi connectivity index (χ4v) is 1.72. The molecule has 1 aliphatic carbocycles. The predicted octanol–water partition coefficient (Wildman–Crippen LogP) is 1.17. The number of carbonyl (C=O) groups is 1. The van der Waals surface area contributed by atoms with Crippen LogP contribution in [0.15, 0.2) is 24.3 Å². The van der Waals surface area contributed by atoms with Crippen LogP contribution >= 0.6 is 12.2 Å². The van der Waals surface area contributed by atoms with Gasteiger partial charge < -0.3 is 15.8 Å². The van der Waals surface area contributed by atoms with Crippen LogP contribution in [0.25, 0.3) is 0 Å². The Kier molecular flexibility index (Phi) is 4.15. The topological polar surface area (TPSA) is 64.3 Å². The van der Waals surface area contributed by atoms with Gasteiger partial charge in [0.15, 0.2) is 6.61 Å². The summed E-state index contributed by atoms with van der Waals surface area (Å²) in [5, 5.41) is 2.86. The number of thiocarbonyl (C=S) groups is 1. The molecule has 0 aromatic heterocycles. The van der Waals surface area contributed by atoms with Gasteiger partial charge >= 0.3 is 0 Å². The predicted molar refractivity (Wildman–Crippen MR) is 73.6 cm³/mol. The third-order valence-electron chi connectivity index (χ3n) is 2.61. The first-order chi connectivity index (χ1) is 8.63. The number of hydrogen-bond donors (Lipinski definition) is 2. The average Bonchev–Trinajstić information content (AvgIpc) is 3.11. The zero-order valence-electron chi connectivity index (χ0n) is 10.0. The minimum absolute atomic E-state index is 0.0607. The second kappa shape index (κ2) is 5.82. The van der Waals surface area contributed by atoms with Crippen molar-refractivity contribution in [3.8, 4) is 5.75 Å². The van der Waals surface area contributed by atoms with Gasteiger partial charge in [-0.05, 0) is 30.5 Å². The summed E-state index contributed by atoms with van der Waals surface area (Å²) in [6.45, 7) is 0.0607. The normalized spacial score (nSPS) is 14.0. The summed E-state index contributed by atoms with van der Waals surface area (Å²) in [5.41, 5.74) is 6.50. The molecule has 18 heavy (non-hydrogen) atoms. The lowest BCUT2D eigenvalue weighted by Gasteiger charge is -2.07. The van der Waals surface area contributed by atoms with E-state index in [4.69, 9.17) is 22.7 Å². The second-order valence-corrected chi connectivity index (χ2v) is 4.94. The molecule has 0 unspecified atom stereocenters. The molecule has 3 N–H and O–H groups in total. The van der Waals surface area contributed by atoms with E-state index in [1.807, 2.05) is 24.3 Å². The third kappa shape index (κ3) is 4.33. The molecule has 0 saturated heterocycles. The molecule has 1 saturated carbocycles. The van der Waals surface area contributed by atoms with Gasteiger partial charge in [0, 0.05) is 12.5 Å². The van der Waals surface area contributed by atoms with Crippen molar-refractivity contribution in [3.63, 3.8) is 0 Å². The van der Waals surface area contributed by atoms with Crippen molar-refractivity contribution in [2.45, 2.75) is 25.3 Å². The Balaban J connectivity index is 1.78. The van der Waals surface area contributed by atoms with E-state index in [9.17, 15) is 4.79 Å². The Morgan fingerprint density at radius 2 is 2.06 bits per heavy atom. The zero-order valence-corrected chi connectivity index (χ0v) is 10.8. The number of amides is 1. The van der Waals surface area contributed by atoms with Crippen LogP contribution in [0.3, 0.4) is 0 Å². The van der Waals surface area contributed by atoms with E-state index in [0.717, 1.165) is 18.4 Å². The molecule has 2 rings (SSSR count). The largest absolute Gasteiger partial charge is 0.484 e. The smallest absolute Gasteiger partial charge is 0.258 e. The van der Waals surface area contributed by atoms with Crippen LogP contribution in [0, 0.1) is 0 Å². The fraction of sp³-hybridized carbons (Fsp3) is 0.385. The molecule has 1 aliphatic rings. The van der Waals surface area contributed by atoms with Gasteiger partial charge in [0.1, 0.15) is 5.75 Å². The molecule has 0 atom stereocenters. The minimum Gasteiger partial charge on any atom is -0.484 e. The van der Waals surface area contributed by atoms with Crippen molar-refractivity contribution in [1.82, 2.24) is 5.32 Å². The van der Waals surface area contributed by atoms with E-state index in [2.05, 4.69) is 5.32 Å². The molecule has 1 aromatic rings. The van der Waals surface area contributed by atoms with Gasteiger partial charge in [0.2, 0.25) is 0 Å². The van der Waals surface area contributed by atoms with Crippen molar-refractivity contribution in [2.24, 2.45) is 5.73 Å². The van der Waals surface area contributed by atoms with Crippen LogP contribution in [0.2, 0.25) is 0 Å². The summed E-state index contributed by atoms with van der Waals surface area (Å²) in [6.07, 6.45) is 2.75. The molecule has 96 valence electrons. The molecule has 0 radical (unpaired) electrons. The number of rotatable bonds is 6. The number of nitrogens with two attached hydrogens (primary N) is 1. The maximum absolute atomic E-state index is 11.4. The molecule has 0 heterocycles. The maximum atomic E-state index is 11.4. The van der Waals surface area contributed by atoms with Crippen LogP contribution in [-0.4, -0.2) is 23.5 Å². The average molecular weight is 264 g/mol. The van der Waals surface area contributed by atoms with Gasteiger partial charge in [-0.1, -0.05) is 24.4 Å². The van der Waals surface area contributed by atoms with Gasteiger partial charge in [-0.2, -0.15) is 0 Å². The SMILES string of the molecule is NC(=S)Cc1ccc(OCC(=O)NC2CC2)cc1. The van der Waals surface area contributed by atoms with Crippen LogP contribution in [0.4, 0.5) is 0 Å². The first-order valence-electron chi connectivity index (χ1n) is 5.93. The number of carbonyl (C=O) groups excluding carboxylic acids is 1. The highest BCUT2D eigenvalue weighted by Gasteiger charge is 2.23. The maximum Gasteiger partial charge on any atom is 0.258 e. The van der Waals surface area contributed by atoms with E-state index in [0.29, 0.717) is 23.2 Å². The van der Waals surface area contributed by atoms with Gasteiger partial charge in [-0.3, -0.25) is 4.79 Å². The first kappa shape index (κ1) is 12.8. The molecule has 5 heteroatoms. The number of hydrogen-bond acceptors (Lipinski definition) is 3. The van der Waals surface area contributed by atoms with E-state index >= 15 is 0 Å². The summed E-state index contributed by atoms with van der Waals surface area (Å²) >= 11 is 4.84. The second-order valence-electron chi connectivity index (χ2n) is 4.42. The summed E-state index contributed by atoms with van der Waals surface area (Å²) in [4.78, 5) is 11.9. The molecule has 1 fully saturated rings.